The van der Waals surface area contributed by atoms with Crippen molar-refractivity contribution in [3.63, 3.8) is 0 Å². The number of hydrogen-bond acceptors (Lipinski definition) is 2. The van der Waals surface area contributed by atoms with E-state index < -0.39 is 0 Å². The summed E-state index contributed by atoms with van der Waals surface area (Å²) in [7, 11) is 0. The van der Waals surface area contributed by atoms with Crippen LogP contribution in [0.2, 0.25) is 5.02 Å². The number of fused-ring (bicyclic) bond motifs is 2. The topological polar surface area (TPSA) is 26.3 Å². The average molecular weight is 419 g/mol. The molecule has 0 spiro atoms. The highest BCUT2D eigenvalue weighted by molar-refractivity contribution is 14.1. The fraction of sp³-hybridized carbons (Fsp3) is 0.588. The molecule has 2 nitrogen and oxygen atoms in total. The fourth-order valence-electron chi connectivity index (χ4n) is 3.55. The van der Waals surface area contributed by atoms with Crippen molar-refractivity contribution < 1.29 is 9.53 Å². The lowest BCUT2D eigenvalue weighted by molar-refractivity contribution is -0.148. The van der Waals surface area contributed by atoms with Gasteiger partial charge in [0, 0.05) is 15.4 Å². The van der Waals surface area contributed by atoms with Crippen LogP contribution in [0.1, 0.15) is 44.1 Å². The van der Waals surface area contributed by atoms with Gasteiger partial charge in [0.1, 0.15) is 6.10 Å². The second-order valence-corrected chi connectivity index (χ2v) is 8.35. The van der Waals surface area contributed by atoms with E-state index in [1.54, 1.807) is 0 Å². The van der Waals surface area contributed by atoms with Crippen LogP contribution in [0, 0.1) is 5.41 Å². The molecule has 1 saturated heterocycles. The van der Waals surface area contributed by atoms with E-state index in [2.05, 4.69) is 34.7 Å². The summed E-state index contributed by atoms with van der Waals surface area (Å²) in [4.78, 5) is 12.2. The van der Waals surface area contributed by atoms with Crippen LogP contribution in [0.25, 0.3) is 0 Å². The van der Waals surface area contributed by atoms with Crippen LogP contribution < -0.4 is 0 Å². The lowest BCUT2D eigenvalue weighted by Gasteiger charge is -2.30. The largest absolute Gasteiger partial charge is 0.461 e. The van der Waals surface area contributed by atoms with Crippen molar-refractivity contribution in [1.29, 1.82) is 0 Å². The molecular weight excluding hydrogens is 399 g/mol. The number of benzene rings is 1. The van der Waals surface area contributed by atoms with Crippen molar-refractivity contribution in [2.24, 2.45) is 5.41 Å². The molecule has 2 fully saturated rings. The van der Waals surface area contributed by atoms with Gasteiger partial charge in [0.2, 0.25) is 0 Å². The van der Waals surface area contributed by atoms with E-state index in [-0.39, 0.29) is 17.5 Å². The quantitative estimate of drug-likeness (QED) is 0.293. The van der Waals surface area contributed by atoms with Gasteiger partial charge in [-0.25, -0.2) is 0 Å². The zero-order valence-corrected chi connectivity index (χ0v) is 14.9. The van der Waals surface area contributed by atoms with Gasteiger partial charge in [-0.3, -0.25) is 4.79 Å². The van der Waals surface area contributed by atoms with E-state index in [1.165, 1.54) is 5.56 Å². The van der Waals surface area contributed by atoms with Crippen molar-refractivity contribution in [2.45, 2.75) is 55.0 Å². The van der Waals surface area contributed by atoms with Crippen molar-refractivity contribution in [2.75, 3.05) is 0 Å². The summed E-state index contributed by atoms with van der Waals surface area (Å²) < 4.78 is 6.08. The van der Waals surface area contributed by atoms with Gasteiger partial charge < -0.3 is 4.74 Å². The summed E-state index contributed by atoms with van der Waals surface area (Å²) >= 11 is 8.32. The predicted molar refractivity (Wildman–Crippen MR) is 93.0 cm³/mol. The van der Waals surface area contributed by atoms with Crippen LogP contribution in [0.15, 0.2) is 24.3 Å². The van der Waals surface area contributed by atoms with Gasteiger partial charge >= 0.3 is 5.97 Å². The normalized spacial score (nSPS) is 31.2. The van der Waals surface area contributed by atoms with E-state index in [1.807, 2.05) is 12.1 Å². The molecule has 1 aliphatic heterocycles. The highest BCUT2D eigenvalue weighted by Crippen LogP contribution is 2.49. The first-order valence-electron chi connectivity index (χ1n) is 7.69. The third-order valence-electron chi connectivity index (χ3n) is 4.87. The van der Waals surface area contributed by atoms with Crippen molar-refractivity contribution in [3.8, 4) is 0 Å². The first kappa shape index (κ1) is 15.6. The van der Waals surface area contributed by atoms with Crippen LogP contribution in [0.4, 0.5) is 0 Å². The molecule has 4 heteroatoms. The molecule has 1 saturated carbocycles. The highest BCUT2D eigenvalue weighted by atomic mass is 127. The molecule has 0 radical (unpaired) electrons. The smallest absolute Gasteiger partial charge is 0.312 e. The maximum absolute atomic E-state index is 12.2. The first-order valence-corrected chi connectivity index (χ1v) is 9.31. The van der Waals surface area contributed by atoms with Crippen molar-refractivity contribution in [3.05, 3.63) is 34.9 Å². The van der Waals surface area contributed by atoms with Crippen LogP contribution in [0.3, 0.4) is 0 Å². The Kier molecular flexibility index (Phi) is 4.79. The minimum Gasteiger partial charge on any atom is -0.461 e. The second kappa shape index (κ2) is 6.45. The van der Waals surface area contributed by atoms with Gasteiger partial charge in [0.05, 0.1) is 5.41 Å². The molecule has 1 aliphatic carbocycles. The number of carbonyl (C=O) groups is 1. The van der Waals surface area contributed by atoms with E-state index in [0.29, 0.717) is 3.92 Å². The fourth-order valence-corrected chi connectivity index (χ4v) is 4.39. The number of unbranched alkanes of at least 4 members (excludes halogenated alkanes) is 1. The summed E-state index contributed by atoms with van der Waals surface area (Å²) in [5, 5.41) is 0.785. The minimum absolute atomic E-state index is 0.0677. The van der Waals surface area contributed by atoms with Gasteiger partial charge in [-0.2, -0.15) is 0 Å². The third kappa shape index (κ3) is 3.39. The zero-order chi connectivity index (χ0) is 14.9. The van der Waals surface area contributed by atoms with E-state index in [9.17, 15) is 4.79 Å². The minimum atomic E-state index is -0.160. The summed E-state index contributed by atoms with van der Waals surface area (Å²) in [6.07, 6.45) is 7.50. The Bertz CT molecular complexity index is 516. The number of halogens is 2. The molecule has 3 rings (SSSR count). The van der Waals surface area contributed by atoms with E-state index in [0.717, 1.165) is 50.0 Å². The Morgan fingerprint density at radius 2 is 2.05 bits per heavy atom. The molecule has 114 valence electrons. The van der Waals surface area contributed by atoms with E-state index >= 15 is 0 Å². The molecule has 1 aromatic carbocycles. The van der Waals surface area contributed by atoms with Gasteiger partial charge in [-0.05, 0) is 49.8 Å². The number of carbonyl (C=O) groups excluding carboxylic acids is 1. The van der Waals surface area contributed by atoms with Crippen molar-refractivity contribution in [1.82, 2.24) is 0 Å². The number of rotatable bonds is 5. The molecular formula is C17H20ClIO2. The number of hydrogen-bond donors (Lipinski definition) is 0. The molecule has 2 bridgehead atoms. The maximum atomic E-state index is 12.2. The standard InChI is InChI=1S/C17H20ClIO2/c18-13-6-4-12(5-7-13)3-1-2-9-17-10-8-14(19)15(11-17)21-16(17)20/h4-7,14-15H,1-3,8-11H2. The summed E-state index contributed by atoms with van der Waals surface area (Å²) in [6.45, 7) is 0. The Hall–Kier alpha value is -0.290. The van der Waals surface area contributed by atoms with Gasteiger partial charge in [0.15, 0.2) is 0 Å². The zero-order valence-electron chi connectivity index (χ0n) is 12.0. The number of esters is 1. The van der Waals surface area contributed by atoms with E-state index in [4.69, 9.17) is 16.3 Å². The maximum Gasteiger partial charge on any atom is 0.312 e. The summed E-state index contributed by atoms with van der Waals surface area (Å²) in [5.74, 6) is 0.0677. The monoisotopic (exact) mass is 418 g/mol. The molecule has 2 aliphatic rings. The Morgan fingerprint density at radius 1 is 1.29 bits per heavy atom. The molecule has 3 unspecified atom stereocenters. The lowest BCUT2D eigenvalue weighted by Crippen LogP contribution is -2.32. The molecule has 1 heterocycles. The van der Waals surface area contributed by atoms with Crippen molar-refractivity contribution >= 4 is 40.2 Å². The van der Waals surface area contributed by atoms with Gasteiger partial charge in [0.25, 0.3) is 0 Å². The summed E-state index contributed by atoms with van der Waals surface area (Å²) in [6, 6.07) is 8.05. The molecule has 0 N–H and O–H groups in total. The number of alkyl halides is 1. The van der Waals surface area contributed by atoms with Crippen LogP contribution in [0.5, 0.6) is 0 Å². The molecule has 21 heavy (non-hydrogen) atoms. The predicted octanol–water partition coefficient (Wildman–Crippen LogP) is 4.95. The second-order valence-electron chi connectivity index (χ2n) is 6.32. The Balaban J connectivity index is 1.49. The molecule has 0 aromatic heterocycles. The van der Waals surface area contributed by atoms with Gasteiger partial charge in [-0.15, -0.1) is 0 Å². The first-order chi connectivity index (χ1) is 10.1. The lowest BCUT2D eigenvalue weighted by atomic mass is 9.72. The number of ether oxygens (including phenoxy) is 1. The van der Waals surface area contributed by atoms with Crippen LogP contribution in [-0.2, 0) is 16.0 Å². The molecule has 0 amide bonds. The average Bonchev–Trinajstić information content (AvgIpc) is 2.75. The van der Waals surface area contributed by atoms with Gasteiger partial charge in [-0.1, -0.05) is 52.7 Å². The molecule has 1 aromatic rings. The summed E-state index contributed by atoms with van der Waals surface area (Å²) in [5.41, 5.74) is 1.16. The Labute approximate surface area is 144 Å². The SMILES string of the molecule is O=C1OC2CC1(CCCCc1ccc(Cl)cc1)CCC2I. The third-order valence-corrected chi connectivity index (χ3v) is 6.55. The van der Waals surface area contributed by atoms with Crippen LogP contribution >= 0.6 is 34.2 Å². The Morgan fingerprint density at radius 3 is 2.81 bits per heavy atom. The van der Waals surface area contributed by atoms with Crippen LogP contribution in [-0.4, -0.2) is 16.0 Å². The molecule has 3 atom stereocenters. The number of aryl methyl sites for hydroxylation is 1. The highest BCUT2D eigenvalue weighted by Gasteiger charge is 2.53.